The summed E-state index contributed by atoms with van der Waals surface area (Å²) in [7, 11) is 0. The standard InChI is InChI=1S/C19H18N2S3/c1-4-12-5-6-14(22-12)18-16-17(21-10-9-20-16)19(24-18)15-8-7-13(23-15)11(2)3/h5-11H,4H2,1-3H3. The monoisotopic (exact) mass is 370 g/mol. The molecule has 4 rings (SSSR count). The maximum atomic E-state index is 4.64. The highest BCUT2D eigenvalue weighted by molar-refractivity contribution is 7.28. The molecular formula is C19H18N2S3. The molecule has 0 atom stereocenters. The Morgan fingerprint density at radius 2 is 1.46 bits per heavy atom. The molecule has 0 saturated carbocycles. The van der Waals surface area contributed by atoms with Crippen LogP contribution in [0.5, 0.6) is 0 Å². The van der Waals surface area contributed by atoms with Crippen LogP contribution in [0, 0.1) is 0 Å². The van der Waals surface area contributed by atoms with Gasteiger partial charge in [-0.15, -0.1) is 34.0 Å². The summed E-state index contributed by atoms with van der Waals surface area (Å²) in [6.07, 6.45) is 4.67. The number of aromatic nitrogens is 2. The van der Waals surface area contributed by atoms with Gasteiger partial charge in [-0.3, -0.25) is 9.97 Å². The van der Waals surface area contributed by atoms with E-state index in [1.54, 1.807) is 12.4 Å². The molecule has 4 aromatic heterocycles. The fourth-order valence-electron chi connectivity index (χ4n) is 2.68. The highest BCUT2D eigenvalue weighted by Crippen LogP contribution is 2.46. The molecule has 0 aromatic carbocycles. The Labute approximate surface area is 153 Å². The topological polar surface area (TPSA) is 25.8 Å². The van der Waals surface area contributed by atoms with Crippen molar-refractivity contribution >= 4 is 45.0 Å². The van der Waals surface area contributed by atoms with Crippen molar-refractivity contribution in [3.63, 3.8) is 0 Å². The molecule has 0 fully saturated rings. The molecule has 0 aliphatic carbocycles. The number of aryl methyl sites for hydroxylation is 1. The molecule has 122 valence electrons. The molecule has 4 aromatic rings. The molecule has 0 saturated heterocycles. The van der Waals surface area contributed by atoms with Crippen molar-refractivity contribution in [2.45, 2.75) is 33.1 Å². The number of hydrogen-bond acceptors (Lipinski definition) is 5. The van der Waals surface area contributed by atoms with E-state index in [-0.39, 0.29) is 0 Å². The van der Waals surface area contributed by atoms with Crippen LogP contribution >= 0.6 is 34.0 Å². The van der Waals surface area contributed by atoms with Gasteiger partial charge in [0.1, 0.15) is 11.0 Å². The Morgan fingerprint density at radius 3 is 2.00 bits per heavy atom. The summed E-state index contributed by atoms with van der Waals surface area (Å²) >= 11 is 5.56. The maximum Gasteiger partial charge on any atom is 0.109 e. The number of hydrogen-bond donors (Lipinski definition) is 0. The van der Waals surface area contributed by atoms with E-state index in [0.717, 1.165) is 17.5 Å². The van der Waals surface area contributed by atoms with Gasteiger partial charge < -0.3 is 0 Å². The Hall–Kier alpha value is -1.56. The highest BCUT2D eigenvalue weighted by atomic mass is 32.1. The van der Waals surface area contributed by atoms with Crippen LogP contribution in [0.25, 0.3) is 30.5 Å². The minimum Gasteiger partial charge on any atom is -0.251 e. The van der Waals surface area contributed by atoms with E-state index in [0.29, 0.717) is 5.92 Å². The van der Waals surface area contributed by atoms with Gasteiger partial charge in [0.05, 0.1) is 9.75 Å². The van der Waals surface area contributed by atoms with E-state index in [4.69, 9.17) is 0 Å². The second kappa shape index (κ2) is 6.39. The molecule has 0 unspecified atom stereocenters. The molecular weight excluding hydrogens is 352 g/mol. The maximum absolute atomic E-state index is 4.64. The first-order valence-electron chi connectivity index (χ1n) is 8.10. The fraction of sp³-hybridized carbons (Fsp3) is 0.263. The lowest BCUT2D eigenvalue weighted by atomic mass is 10.2. The normalized spacial score (nSPS) is 11.7. The van der Waals surface area contributed by atoms with Crippen LogP contribution in [0.4, 0.5) is 0 Å². The molecule has 0 bridgehead atoms. The lowest BCUT2D eigenvalue weighted by Crippen LogP contribution is -1.79. The molecule has 5 heteroatoms. The summed E-state index contributed by atoms with van der Waals surface area (Å²) in [5, 5.41) is 0. The van der Waals surface area contributed by atoms with Crippen LogP contribution in [-0.2, 0) is 6.42 Å². The van der Waals surface area contributed by atoms with Gasteiger partial charge in [0.25, 0.3) is 0 Å². The third kappa shape index (κ3) is 2.70. The Morgan fingerprint density at radius 1 is 0.833 bits per heavy atom. The SMILES string of the molecule is CCc1ccc(-c2sc(-c3ccc(C(C)C)s3)c3nccnc23)s1. The quantitative estimate of drug-likeness (QED) is 0.393. The number of nitrogens with zero attached hydrogens (tertiary/aromatic N) is 2. The molecule has 0 N–H and O–H groups in total. The average Bonchev–Trinajstić information content (AvgIpc) is 3.31. The van der Waals surface area contributed by atoms with Gasteiger partial charge >= 0.3 is 0 Å². The number of fused-ring (bicyclic) bond motifs is 1. The molecule has 24 heavy (non-hydrogen) atoms. The van der Waals surface area contributed by atoms with Crippen molar-refractivity contribution in [2.24, 2.45) is 0 Å². The molecule has 0 aliphatic rings. The number of thiophene rings is 3. The van der Waals surface area contributed by atoms with E-state index in [1.807, 2.05) is 34.0 Å². The predicted molar refractivity (Wildman–Crippen MR) is 108 cm³/mol. The van der Waals surface area contributed by atoms with Crippen LogP contribution < -0.4 is 0 Å². The van der Waals surface area contributed by atoms with Gasteiger partial charge in [-0.1, -0.05) is 20.8 Å². The van der Waals surface area contributed by atoms with E-state index >= 15 is 0 Å². The average molecular weight is 371 g/mol. The number of rotatable bonds is 4. The van der Waals surface area contributed by atoms with Crippen molar-refractivity contribution in [1.82, 2.24) is 9.97 Å². The zero-order chi connectivity index (χ0) is 16.7. The Bertz CT molecular complexity index is 991. The van der Waals surface area contributed by atoms with Crippen LogP contribution in [0.2, 0.25) is 0 Å². The molecule has 0 radical (unpaired) electrons. The van der Waals surface area contributed by atoms with Crippen molar-refractivity contribution < 1.29 is 0 Å². The second-order valence-corrected chi connectivity index (χ2v) is 9.29. The summed E-state index contributed by atoms with van der Waals surface area (Å²) in [5.74, 6) is 0.560. The van der Waals surface area contributed by atoms with Gasteiger partial charge in [0.15, 0.2) is 0 Å². The summed E-state index contributed by atoms with van der Waals surface area (Å²) in [6, 6.07) is 8.92. The molecule has 2 nitrogen and oxygen atoms in total. The lowest BCUT2D eigenvalue weighted by Gasteiger charge is -1.97. The van der Waals surface area contributed by atoms with Crippen LogP contribution in [-0.4, -0.2) is 9.97 Å². The zero-order valence-electron chi connectivity index (χ0n) is 13.9. The van der Waals surface area contributed by atoms with Gasteiger partial charge in [-0.2, -0.15) is 0 Å². The lowest BCUT2D eigenvalue weighted by molar-refractivity contribution is 0.890. The third-order valence-corrected chi connectivity index (χ3v) is 8.13. The summed E-state index contributed by atoms with van der Waals surface area (Å²) in [6.45, 7) is 6.68. The van der Waals surface area contributed by atoms with Crippen LogP contribution in [0.15, 0.2) is 36.7 Å². The highest BCUT2D eigenvalue weighted by Gasteiger charge is 2.19. The van der Waals surface area contributed by atoms with Crippen LogP contribution in [0.1, 0.15) is 36.4 Å². The largest absolute Gasteiger partial charge is 0.251 e. The van der Waals surface area contributed by atoms with E-state index in [9.17, 15) is 0 Å². The molecule has 0 spiro atoms. The first kappa shape index (κ1) is 15.9. The van der Waals surface area contributed by atoms with Crippen molar-refractivity contribution in [1.29, 1.82) is 0 Å². The predicted octanol–water partition coefficient (Wildman–Crippen LogP) is 6.83. The zero-order valence-corrected chi connectivity index (χ0v) is 16.3. The van der Waals surface area contributed by atoms with Crippen LogP contribution in [0.3, 0.4) is 0 Å². The second-order valence-electron chi connectivity index (χ2n) is 5.99. The van der Waals surface area contributed by atoms with E-state index < -0.39 is 0 Å². The van der Waals surface area contributed by atoms with E-state index in [1.165, 1.54) is 29.3 Å². The molecule has 4 heterocycles. The minimum atomic E-state index is 0.560. The minimum absolute atomic E-state index is 0.560. The summed E-state index contributed by atoms with van der Waals surface area (Å²) in [4.78, 5) is 17.2. The first-order chi connectivity index (χ1) is 11.7. The first-order valence-corrected chi connectivity index (χ1v) is 10.5. The van der Waals surface area contributed by atoms with Gasteiger partial charge in [0, 0.05) is 31.9 Å². The van der Waals surface area contributed by atoms with Gasteiger partial charge in [-0.25, -0.2) is 0 Å². The fourth-order valence-corrected chi connectivity index (χ4v) is 6.05. The Balaban J connectivity index is 1.90. The Kier molecular flexibility index (Phi) is 4.24. The van der Waals surface area contributed by atoms with Gasteiger partial charge in [0.2, 0.25) is 0 Å². The molecule has 0 aliphatic heterocycles. The van der Waals surface area contributed by atoms with Crippen molar-refractivity contribution in [3.8, 4) is 19.5 Å². The smallest absolute Gasteiger partial charge is 0.109 e. The van der Waals surface area contributed by atoms with Crippen molar-refractivity contribution in [3.05, 3.63) is 46.4 Å². The van der Waals surface area contributed by atoms with Crippen molar-refractivity contribution in [2.75, 3.05) is 0 Å². The van der Waals surface area contributed by atoms with Gasteiger partial charge in [-0.05, 0) is 36.6 Å². The van der Waals surface area contributed by atoms with E-state index in [2.05, 4.69) is 55.0 Å². The molecule has 0 amide bonds. The summed E-state index contributed by atoms with van der Waals surface area (Å²) in [5.41, 5.74) is 2.06. The summed E-state index contributed by atoms with van der Waals surface area (Å²) < 4.78 is 0. The third-order valence-electron chi connectivity index (χ3n) is 3.99.